The molecule has 2 heterocycles. The summed E-state index contributed by atoms with van der Waals surface area (Å²) < 4.78 is 56.6. The number of carbonyl (C=O) groups is 2. The molecular weight excluding hydrogens is 961 g/mol. The summed E-state index contributed by atoms with van der Waals surface area (Å²) in [4.78, 5) is 61.9. The van der Waals surface area contributed by atoms with Gasteiger partial charge in [-0.15, -0.1) is 0 Å². The fourth-order valence-electron chi connectivity index (χ4n) is 7.19. The molecule has 71 heavy (non-hydrogen) atoms. The molecule has 7 N–H and O–H groups in total. The molecule has 2 rings (SSSR count). The minimum Gasteiger partial charge on any atom is -0.462 e. The molecule has 0 saturated carbocycles. The summed E-state index contributed by atoms with van der Waals surface area (Å²) in [5.74, 6) is -1.52. The largest absolute Gasteiger partial charge is 0.481 e. The molecule has 0 aliphatic carbocycles. The van der Waals surface area contributed by atoms with E-state index in [1.807, 2.05) is 12.2 Å². The zero-order valence-electron chi connectivity index (χ0n) is 41.9. The standard InChI is InChI=1S/C50H83N3O16P2/c1-3-5-7-9-11-13-15-17-18-20-22-24-26-28-30-34-45(55)64-38-42(67-46(56)35-31-33-41(54)32-29-27-25-23-21-19-16-14-12-10-8-6-4-2)39-65-70(60,61)69-71(62,63)66-40-43-47(57)48(58)49(68-43)53-37-36-44(51)52-50(53)59/h13,15,17-19,21,25,27,29,32,36-37,41-43,47-49,54,57-58H,3-12,14,16,20,22-24,26,28,30-31,33-35,38-40H2,1-2H3,(H,60,61)(H,62,63)(H2,51,52,59)/b15-13-,18-17-,21-19+,27-25+,32-29+/t41?,42-,43-,47-,48-,49-/m1/s1. The van der Waals surface area contributed by atoms with E-state index >= 15 is 0 Å². The van der Waals surface area contributed by atoms with Gasteiger partial charge in [-0.1, -0.05) is 145 Å². The number of nitrogens with zero attached hydrogens (tertiary/aromatic N) is 2. The predicted molar refractivity (Wildman–Crippen MR) is 272 cm³/mol. The van der Waals surface area contributed by atoms with E-state index in [9.17, 15) is 48.6 Å². The zero-order valence-corrected chi connectivity index (χ0v) is 43.7. The Labute approximate surface area is 420 Å². The van der Waals surface area contributed by atoms with Crippen LogP contribution in [0.4, 0.5) is 5.82 Å². The van der Waals surface area contributed by atoms with E-state index in [2.05, 4.69) is 59.6 Å². The van der Waals surface area contributed by atoms with Crippen LogP contribution in [0.15, 0.2) is 77.8 Å². The van der Waals surface area contributed by atoms with Crippen LogP contribution in [0, 0.1) is 0 Å². The van der Waals surface area contributed by atoms with Gasteiger partial charge in [0.25, 0.3) is 0 Å². The Bertz CT molecular complexity index is 1940. The summed E-state index contributed by atoms with van der Waals surface area (Å²) >= 11 is 0. The Hall–Kier alpha value is -3.58. The van der Waals surface area contributed by atoms with E-state index in [-0.39, 0.29) is 31.5 Å². The molecule has 19 nitrogen and oxygen atoms in total. The first-order valence-corrected chi connectivity index (χ1v) is 28.4. The van der Waals surface area contributed by atoms with E-state index in [1.165, 1.54) is 70.3 Å². The minimum atomic E-state index is -5.47. The number of allylic oxidation sites excluding steroid dienone is 9. The van der Waals surface area contributed by atoms with Gasteiger partial charge in [0, 0.05) is 19.0 Å². The number of hydrogen-bond donors (Lipinski definition) is 6. The molecule has 8 atom stereocenters. The van der Waals surface area contributed by atoms with Gasteiger partial charge in [0.15, 0.2) is 12.3 Å². The SMILES string of the molecule is CCCCCC/C=C\C=C/CCCCCCCC(=O)OC[C@H](COP(=O)(O)OP(=O)(O)OC[C@H]1O[C@@H](n2ccc(N)nc2=O)[C@H](O)[C@@H]1O)OC(=O)CCCC(O)/C=C/C=C/C/C=C/CCCCCCCC. The van der Waals surface area contributed by atoms with Crippen LogP contribution in [-0.4, -0.2) is 96.9 Å². The summed E-state index contributed by atoms with van der Waals surface area (Å²) in [6, 6.07) is 1.24. The van der Waals surface area contributed by atoms with Crippen LogP contribution in [0.5, 0.6) is 0 Å². The molecule has 1 aromatic rings. The van der Waals surface area contributed by atoms with Crippen molar-refractivity contribution in [2.45, 2.75) is 198 Å². The molecule has 0 aromatic carbocycles. The van der Waals surface area contributed by atoms with E-state index < -0.39 is 89.8 Å². The lowest BCUT2D eigenvalue weighted by Gasteiger charge is -2.21. The average molecular weight is 1040 g/mol. The van der Waals surface area contributed by atoms with Gasteiger partial charge in [-0.2, -0.15) is 9.29 Å². The number of aliphatic hydroxyl groups is 3. The van der Waals surface area contributed by atoms with Crippen LogP contribution in [0.25, 0.3) is 0 Å². The van der Waals surface area contributed by atoms with Gasteiger partial charge < -0.3 is 45.1 Å². The third kappa shape index (κ3) is 30.9. The number of unbranched alkanes of at least 4 members (excludes halogenated alkanes) is 15. The first-order chi connectivity index (χ1) is 34.1. The number of aliphatic hydroxyl groups excluding tert-OH is 3. The maximum absolute atomic E-state index is 12.9. The van der Waals surface area contributed by atoms with Crippen LogP contribution in [-0.2, 0) is 46.3 Å². The molecule has 1 fully saturated rings. The van der Waals surface area contributed by atoms with E-state index in [1.54, 1.807) is 12.2 Å². The van der Waals surface area contributed by atoms with Gasteiger partial charge in [0.1, 0.15) is 30.7 Å². The first-order valence-electron chi connectivity index (χ1n) is 25.4. The minimum absolute atomic E-state index is 0.0679. The second-order valence-corrected chi connectivity index (χ2v) is 20.6. The fraction of sp³-hybridized carbons (Fsp3) is 0.680. The van der Waals surface area contributed by atoms with Gasteiger partial charge in [0.2, 0.25) is 0 Å². The van der Waals surface area contributed by atoms with Crippen molar-refractivity contribution in [3.05, 3.63) is 83.5 Å². The number of ether oxygens (including phenoxy) is 3. The second-order valence-electron chi connectivity index (χ2n) is 17.5. The summed E-state index contributed by atoms with van der Waals surface area (Å²) in [6.45, 7) is 1.92. The molecule has 0 bridgehead atoms. The molecule has 21 heteroatoms. The van der Waals surface area contributed by atoms with E-state index in [4.69, 9.17) is 29.0 Å². The number of aromatic nitrogens is 2. The fourth-order valence-corrected chi connectivity index (χ4v) is 9.30. The highest BCUT2D eigenvalue weighted by Crippen LogP contribution is 2.60. The summed E-state index contributed by atoms with van der Waals surface area (Å²) in [5.41, 5.74) is 4.57. The molecule has 0 amide bonds. The maximum Gasteiger partial charge on any atom is 0.481 e. The Kier molecular flexibility index (Phi) is 34.1. The Balaban J connectivity index is 1.87. The number of rotatable bonds is 41. The van der Waals surface area contributed by atoms with Crippen molar-refractivity contribution in [1.29, 1.82) is 0 Å². The lowest BCUT2D eigenvalue weighted by Crippen LogP contribution is -2.36. The Morgan fingerprint density at radius 3 is 1.99 bits per heavy atom. The number of anilines is 1. The van der Waals surface area contributed by atoms with Crippen molar-refractivity contribution in [2.75, 3.05) is 25.6 Å². The van der Waals surface area contributed by atoms with Gasteiger partial charge in [0.05, 0.1) is 19.3 Å². The summed E-state index contributed by atoms with van der Waals surface area (Å²) in [5, 5.41) is 31.3. The van der Waals surface area contributed by atoms with E-state index in [0.717, 1.165) is 62.1 Å². The quantitative estimate of drug-likeness (QED) is 0.0117. The van der Waals surface area contributed by atoms with Crippen LogP contribution < -0.4 is 11.4 Å². The molecule has 1 aromatic heterocycles. The Morgan fingerprint density at radius 1 is 0.746 bits per heavy atom. The molecule has 0 spiro atoms. The number of nitrogens with two attached hydrogens (primary N) is 1. The van der Waals surface area contributed by atoms with Crippen LogP contribution in [0.2, 0.25) is 0 Å². The van der Waals surface area contributed by atoms with Crippen LogP contribution >= 0.6 is 15.6 Å². The summed E-state index contributed by atoms with van der Waals surface area (Å²) in [6.07, 6.45) is 33.3. The Morgan fingerprint density at radius 2 is 1.32 bits per heavy atom. The normalized spacial score (nSPS) is 20.1. The van der Waals surface area contributed by atoms with Gasteiger partial charge in [-0.25, -0.2) is 13.9 Å². The van der Waals surface area contributed by atoms with Crippen molar-refractivity contribution < 1.29 is 71.4 Å². The number of phosphoric acid groups is 2. The maximum atomic E-state index is 12.9. The number of phosphoric ester groups is 2. The monoisotopic (exact) mass is 1040 g/mol. The summed E-state index contributed by atoms with van der Waals surface area (Å²) in [7, 11) is -10.9. The van der Waals surface area contributed by atoms with Crippen LogP contribution in [0.1, 0.15) is 168 Å². The highest BCUT2D eigenvalue weighted by molar-refractivity contribution is 7.61. The molecule has 1 aliphatic rings. The zero-order chi connectivity index (χ0) is 52.2. The number of esters is 2. The highest BCUT2D eigenvalue weighted by atomic mass is 31.3. The van der Waals surface area contributed by atoms with Crippen molar-refractivity contribution in [3.63, 3.8) is 0 Å². The first kappa shape index (κ1) is 63.5. The van der Waals surface area contributed by atoms with Crippen molar-refractivity contribution >= 4 is 33.4 Å². The third-order valence-corrected chi connectivity index (χ3v) is 13.8. The van der Waals surface area contributed by atoms with Crippen molar-refractivity contribution in [1.82, 2.24) is 9.55 Å². The van der Waals surface area contributed by atoms with E-state index in [0.29, 0.717) is 6.42 Å². The number of hydrogen-bond acceptors (Lipinski definition) is 16. The smallest absolute Gasteiger partial charge is 0.462 e. The molecular formula is C50H83N3O16P2. The van der Waals surface area contributed by atoms with Crippen LogP contribution in [0.3, 0.4) is 0 Å². The molecule has 1 saturated heterocycles. The second kappa shape index (κ2) is 38.1. The van der Waals surface area contributed by atoms with Gasteiger partial charge >= 0.3 is 33.3 Å². The van der Waals surface area contributed by atoms with Crippen molar-refractivity contribution in [2.24, 2.45) is 0 Å². The third-order valence-electron chi connectivity index (χ3n) is 11.2. The molecule has 0 radical (unpaired) electrons. The molecule has 404 valence electrons. The lowest BCUT2D eigenvalue weighted by atomic mass is 10.1. The van der Waals surface area contributed by atoms with Gasteiger partial charge in [-0.3, -0.25) is 23.2 Å². The highest BCUT2D eigenvalue weighted by Gasteiger charge is 2.46. The molecule has 1 aliphatic heterocycles. The topological polar surface area (TPSA) is 286 Å². The number of nitrogen functional groups attached to an aromatic ring is 1. The predicted octanol–water partition coefficient (Wildman–Crippen LogP) is 9.30. The molecule has 3 unspecified atom stereocenters. The lowest BCUT2D eigenvalue weighted by molar-refractivity contribution is -0.161. The average Bonchev–Trinajstić information content (AvgIpc) is 3.60. The van der Waals surface area contributed by atoms with Gasteiger partial charge in [-0.05, 0) is 70.3 Å². The number of carbonyl (C=O) groups excluding carboxylic acids is 2. The van der Waals surface area contributed by atoms with Crippen molar-refractivity contribution in [3.8, 4) is 0 Å².